The van der Waals surface area contributed by atoms with Gasteiger partial charge in [-0.2, -0.15) is 11.8 Å². The summed E-state index contributed by atoms with van der Waals surface area (Å²) < 4.78 is 39.8. The van der Waals surface area contributed by atoms with Gasteiger partial charge in [0.15, 0.2) is 0 Å². The zero-order chi connectivity index (χ0) is 14.6. The van der Waals surface area contributed by atoms with Crippen molar-refractivity contribution in [1.29, 1.82) is 0 Å². The van der Waals surface area contributed by atoms with Gasteiger partial charge in [0.1, 0.15) is 5.82 Å². The van der Waals surface area contributed by atoms with E-state index in [0.29, 0.717) is 17.4 Å². The molecular weight excluding hydrogens is 297 g/mol. The molecule has 2 rings (SSSR count). The van der Waals surface area contributed by atoms with Crippen molar-refractivity contribution in [2.24, 2.45) is 0 Å². The van der Waals surface area contributed by atoms with Crippen LogP contribution in [-0.4, -0.2) is 26.0 Å². The molecule has 0 radical (unpaired) electrons. The highest BCUT2D eigenvalue weighted by Crippen LogP contribution is 2.28. The number of benzene rings is 1. The molecule has 6 heteroatoms. The first-order chi connectivity index (χ1) is 9.49. The van der Waals surface area contributed by atoms with Crippen molar-refractivity contribution in [3.63, 3.8) is 0 Å². The SMILES string of the molecule is Cc1cc(S(=O)(=O)NCCSC2CCCC2)ccc1F. The largest absolute Gasteiger partial charge is 0.240 e. The molecule has 0 atom stereocenters. The van der Waals surface area contributed by atoms with E-state index < -0.39 is 10.0 Å². The van der Waals surface area contributed by atoms with Crippen LogP contribution in [0.4, 0.5) is 4.39 Å². The molecule has 0 spiro atoms. The Morgan fingerprint density at radius 2 is 2.05 bits per heavy atom. The van der Waals surface area contributed by atoms with Crippen LogP contribution in [0.5, 0.6) is 0 Å². The van der Waals surface area contributed by atoms with Crippen LogP contribution in [0, 0.1) is 12.7 Å². The second kappa shape index (κ2) is 6.91. The number of rotatable bonds is 6. The van der Waals surface area contributed by atoms with E-state index in [1.165, 1.54) is 43.9 Å². The maximum Gasteiger partial charge on any atom is 0.240 e. The van der Waals surface area contributed by atoms with Crippen molar-refractivity contribution in [2.45, 2.75) is 42.8 Å². The number of aryl methyl sites for hydroxylation is 1. The van der Waals surface area contributed by atoms with Crippen LogP contribution in [0.3, 0.4) is 0 Å². The maximum absolute atomic E-state index is 13.1. The summed E-state index contributed by atoms with van der Waals surface area (Å²) in [4.78, 5) is 0.127. The Morgan fingerprint density at radius 1 is 1.35 bits per heavy atom. The van der Waals surface area contributed by atoms with Gasteiger partial charge in [-0.3, -0.25) is 0 Å². The molecule has 20 heavy (non-hydrogen) atoms. The van der Waals surface area contributed by atoms with Gasteiger partial charge in [-0.15, -0.1) is 0 Å². The van der Waals surface area contributed by atoms with Crippen LogP contribution < -0.4 is 4.72 Å². The van der Waals surface area contributed by atoms with E-state index in [0.717, 1.165) is 5.75 Å². The van der Waals surface area contributed by atoms with E-state index in [-0.39, 0.29) is 10.7 Å². The average molecular weight is 317 g/mol. The summed E-state index contributed by atoms with van der Waals surface area (Å²) in [6, 6.07) is 3.85. The van der Waals surface area contributed by atoms with Gasteiger partial charge in [-0.05, 0) is 43.5 Å². The third kappa shape index (κ3) is 4.20. The summed E-state index contributed by atoms with van der Waals surface area (Å²) in [6.07, 6.45) is 5.07. The summed E-state index contributed by atoms with van der Waals surface area (Å²) in [5, 5.41) is 0.688. The van der Waals surface area contributed by atoms with Crippen molar-refractivity contribution >= 4 is 21.8 Å². The molecule has 0 heterocycles. The van der Waals surface area contributed by atoms with Crippen LogP contribution in [0.2, 0.25) is 0 Å². The minimum atomic E-state index is -3.53. The van der Waals surface area contributed by atoms with Crippen LogP contribution in [0.15, 0.2) is 23.1 Å². The zero-order valence-electron chi connectivity index (χ0n) is 11.6. The third-order valence-electron chi connectivity index (χ3n) is 3.49. The van der Waals surface area contributed by atoms with Crippen molar-refractivity contribution in [2.75, 3.05) is 12.3 Å². The summed E-state index contributed by atoms with van der Waals surface area (Å²) in [5.41, 5.74) is 0.341. The van der Waals surface area contributed by atoms with Crippen LogP contribution in [-0.2, 0) is 10.0 Å². The molecule has 1 aliphatic rings. The molecule has 0 saturated heterocycles. The van der Waals surface area contributed by atoms with E-state index in [9.17, 15) is 12.8 Å². The van der Waals surface area contributed by atoms with Gasteiger partial charge in [0.05, 0.1) is 4.90 Å². The number of halogens is 1. The van der Waals surface area contributed by atoms with E-state index in [2.05, 4.69) is 4.72 Å². The van der Waals surface area contributed by atoms with Gasteiger partial charge in [0.2, 0.25) is 10.0 Å². The lowest BCUT2D eigenvalue weighted by Crippen LogP contribution is -2.26. The van der Waals surface area contributed by atoms with Gasteiger partial charge in [-0.1, -0.05) is 12.8 Å². The minimum absolute atomic E-state index is 0.127. The van der Waals surface area contributed by atoms with Crippen molar-refractivity contribution in [3.8, 4) is 0 Å². The monoisotopic (exact) mass is 317 g/mol. The highest BCUT2D eigenvalue weighted by Gasteiger charge is 2.17. The molecule has 1 N–H and O–H groups in total. The smallest absolute Gasteiger partial charge is 0.210 e. The predicted molar refractivity (Wildman–Crippen MR) is 81.0 cm³/mol. The second-order valence-corrected chi connectivity index (χ2v) is 8.26. The molecule has 3 nitrogen and oxygen atoms in total. The fourth-order valence-electron chi connectivity index (χ4n) is 2.32. The fourth-order valence-corrected chi connectivity index (χ4v) is 4.79. The van der Waals surface area contributed by atoms with Crippen molar-refractivity contribution in [1.82, 2.24) is 4.72 Å². The predicted octanol–water partition coefficient (Wildman–Crippen LogP) is 3.09. The fraction of sp³-hybridized carbons (Fsp3) is 0.571. The Morgan fingerprint density at radius 3 is 2.70 bits per heavy atom. The first kappa shape index (κ1) is 15.8. The molecular formula is C14H20FNO2S2. The first-order valence-corrected chi connectivity index (χ1v) is 9.39. The molecule has 0 bridgehead atoms. The number of nitrogens with one attached hydrogen (secondary N) is 1. The number of thioether (sulfide) groups is 1. The topological polar surface area (TPSA) is 46.2 Å². The molecule has 0 aromatic heterocycles. The lowest BCUT2D eigenvalue weighted by Gasteiger charge is -2.10. The molecule has 1 aromatic rings. The summed E-state index contributed by atoms with van der Waals surface area (Å²) in [5.74, 6) is 0.394. The highest BCUT2D eigenvalue weighted by molar-refractivity contribution is 8.00. The van der Waals surface area contributed by atoms with Gasteiger partial charge in [0.25, 0.3) is 0 Å². The van der Waals surface area contributed by atoms with Gasteiger partial charge in [-0.25, -0.2) is 17.5 Å². The molecule has 112 valence electrons. The number of hydrogen-bond donors (Lipinski definition) is 1. The molecule has 0 aliphatic heterocycles. The standard InChI is InChI=1S/C14H20FNO2S2/c1-11-10-13(6-7-14(11)15)20(17,18)16-8-9-19-12-4-2-3-5-12/h6-7,10,12,16H,2-5,8-9H2,1H3. The summed E-state index contributed by atoms with van der Waals surface area (Å²) >= 11 is 1.84. The first-order valence-electron chi connectivity index (χ1n) is 6.86. The maximum atomic E-state index is 13.1. The molecule has 1 aliphatic carbocycles. The van der Waals surface area contributed by atoms with Gasteiger partial charge in [0, 0.05) is 17.5 Å². The Kier molecular flexibility index (Phi) is 5.46. The molecule has 1 aromatic carbocycles. The van der Waals surface area contributed by atoms with Crippen molar-refractivity contribution < 1.29 is 12.8 Å². The normalized spacial score (nSPS) is 16.7. The van der Waals surface area contributed by atoms with E-state index in [1.807, 2.05) is 11.8 Å². The number of sulfonamides is 1. The molecule has 0 unspecified atom stereocenters. The summed E-state index contributed by atoms with van der Waals surface area (Å²) in [6.45, 7) is 1.98. The third-order valence-corrected chi connectivity index (χ3v) is 6.33. The van der Waals surface area contributed by atoms with E-state index in [1.54, 1.807) is 6.92 Å². The van der Waals surface area contributed by atoms with Crippen LogP contribution in [0.1, 0.15) is 31.2 Å². The Bertz CT molecular complexity index is 554. The van der Waals surface area contributed by atoms with E-state index >= 15 is 0 Å². The molecule has 1 saturated carbocycles. The van der Waals surface area contributed by atoms with E-state index in [4.69, 9.17) is 0 Å². The van der Waals surface area contributed by atoms with Crippen LogP contribution in [0.25, 0.3) is 0 Å². The van der Waals surface area contributed by atoms with Crippen LogP contribution >= 0.6 is 11.8 Å². The Labute approximate surface area is 124 Å². The van der Waals surface area contributed by atoms with Gasteiger partial charge < -0.3 is 0 Å². The Hall–Kier alpha value is -0.590. The Balaban J connectivity index is 1.85. The minimum Gasteiger partial charge on any atom is -0.210 e. The average Bonchev–Trinajstić information content (AvgIpc) is 2.91. The second-order valence-electron chi connectivity index (χ2n) is 5.09. The lowest BCUT2D eigenvalue weighted by molar-refractivity contribution is 0.582. The zero-order valence-corrected chi connectivity index (χ0v) is 13.2. The molecule has 1 fully saturated rings. The lowest BCUT2D eigenvalue weighted by atomic mass is 10.2. The highest BCUT2D eigenvalue weighted by atomic mass is 32.2. The number of hydrogen-bond acceptors (Lipinski definition) is 3. The van der Waals surface area contributed by atoms with Gasteiger partial charge >= 0.3 is 0 Å². The van der Waals surface area contributed by atoms with Crippen molar-refractivity contribution in [3.05, 3.63) is 29.6 Å². The molecule has 0 amide bonds. The quantitative estimate of drug-likeness (QED) is 0.820. The summed E-state index contributed by atoms with van der Waals surface area (Å²) in [7, 11) is -3.53.